The molecule has 1 atom stereocenters. The Morgan fingerprint density at radius 2 is 1.94 bits per heavy atom. The van der Waals surface area contributed by atoms with Crippen molar-refractivity contribution in [1.29, 1.82) is 0 Å². The molecule has 1 unspecified atom stereocenters. The summed E-state index contributed by atoms with van der Waals surface area (Å²) in [5, 5.41) is 0. The van der Waals surface area contributed by atoms with Gasteiger partial charge in [-0.05, 0) is 32.0 Å². The Hall–Kier alpha value is -1.22. The molecule has 0 saturated carbocycles. The largest absolute Gasteiger partial charge is 0.496 e. The third kappa shape index (κ3) is 2.55. The van der Waals surface area contributed by atoms with E-state index in [4.69, 9.17) is 9.15 Å². The third-order valence-electron chi connectivity index (χ3n) is 2.67. The Balaban J connectivity index is 2.42. The molecule has 90 valence electrons. The fraction of sp³-hybridized carbons (Fsp3) is 0.286. The molecule has 2 aromatic rings. The van der Waals surface area contributed by atoms with E-state index in [-0.39, 0.29) is 4.83 Å². The number of methoxy groups -OCH3 is 1. The van der Waals surface area contributed by atoms with Gasteiger partial charge in [-0.3, -0.25) is 0 Å². The van der Waals surface area contributed by atoms with Crippen LogP contribution in [0.5, 0.6) is 5.75 Å². The van der Waals surface area contributed by atoms with E-state index in [9.17, 15) is 0 Å². The van der Waals surface area contributed by atoms with Crippen molar-refractivity contribution in [2.75, 3.05) is 7.11 Å². The number of hydrogen-bond acceptors (Lipinski definition) is 2. The molecule has 0 bridgehead atoms. The van der Waals surface area contributed by atoms with Crippen LogP contribution in [-0.2, 0) is 0 Å². The molecule has 0 N–H and O–H groups in total. The molecule has 0 radical (unpaired) electrons. The fourth-order valence-electron chi connectivity index (χ4n) is 1.79. The summed E-state index contributed by atoms with van der Waals surface area (Å²) < 4.78 is 11.0. The van der Waals surface area contributed by atoms with Crippen molar-refractivity contribution >= 4 is 15.9 Å². The molecule has 0 fully saturated rings. The summed E-state index contributed by atoms with van der Waals surface area (Å²) >= 11 is 3.66. The number of hydrogen-bond donors (Lipinski definition) is 0. The standard InChI is InChI=1S/C14H15BrO2/c1-9-4-6-12(16-3)11(8-9)14(15)13-7-5-10(2)17-13/h4-8,14H,1-3H3. The quantitative estimate of drug-likeness (QED) is 0.784. The number of rotatable bonds is 3. The van der Waals surface area contributed by atoms with E-state index in [1.54, 1.807) is 7.11 Å². The Morgan fingerprint density at radius 3 is 2.53 bits per heavy atom. The molecule has 0 aliphatic rings. The molecular formula is C14H15BrO2. The Kier molecular flexibility index (Phi) is 3.57. The lowest BCUT2D eigenvalue weighted by Gasteiger charge is -2.13. The molecular weight excluding hydrogens is 280 g/mol. The third-order valence-corrected chi connectivity index (χ3v) is 3.61. The van der Waals surface area contributed by atoms with Gasteiger partial charge in [0.15, 0.2) is 0 Å². The average molecular weight is 295 g/mol. The van der Waals surface area contributed by atoms with Crippen LogP contribution in [-0.4, -0.2) is 7.11 Å². The van der Waals surface area contributed by atoms with Gasteiger partial charge >= 0.3 is 0 Å². The summed E-state index contributed by atoms with van der Waals surface area (Å²) in [5.74, 6) is 2.67. The van der Waals surface area contributed by atoms with Crippen LogP contribution in [0.4, 0.5) is 0 Å². The van der Waals surface area contributed by atoms with Gasteiger partial charge in [-0.25, -0.2) is 0 Å². The summed E-state index contributed by atoms with van der Waals surface area (Å²) in [5.41, 5.74) is 2.29. The van der Waals surface area contributed by atoms with Crippen LogP contribution in [0.2, 0.25) is 0 Å². The molecule has 2 nitrogen and oxygen atoms in total. The first kappa shape index (κ1) is 12.2. The first-order valence-corrected chi connectivity index (χ1v) is 6.38. The smallest absolute Gasteiger partial charge is 0.123 e. The monoisotopic (exact) mass is 294 g/mol. The topological polar surface area (TPSA) is 22.4 Å². The summed E-state index contributed by atoms with van der Waals surface area (Å²) in [6.07, 6.45) is 0. The molecule has 1 aromatic carbocycles. The van der Waals surface area contributed by atoms with Crippen molar-refractivity contribution in [2.24, 2.45) is 0 Å². The van der Waals surface area contributed by atoms with Crippen LogP contribution in [0.3, 0.4) is 0 Å². The van der Waals surface area contributed by atoms with Crippen LogP contribution in [0.25, 0.3) is 0 Å². The number of furan rings is 1. The predicted octanol–water partition coefficient (Wildman–Crippen LogP) is 4.39. The van der Waals surface area contributed by atoms with E-state index in [0.29, 0.717) is 0 Å². The molecule has 0 spiro atoms. The zero-order valence-electron chi connectivity index (χ0n) is 10.2. The van der Waals surface area contributed by atoms with Crippen LogP contribution < -0.4 is 4.74 Å². The molecule has 17 heavy (non-hydrogen) atoms. The van der Waals surface area contributed by atoms with Crippen LogP contribution in [0.15, 0.2) is 34.7 Å². The highest BCUT2D eigenvalue weighted by molar-refractivity contribution is 9.09. The number of halogens is 1. The van der Waals surface area contributed by atoms with Crippen molar-refractivity contribution in [3.63, 3.8) is 0 Å². The zero-order valence-corrected chi connectivity index (χ0v) is 11.7. The van der Waals surface area contributed by atoms with E-state index in [1.807, 2.05) is 31.2 Å². The minimum atomic E-state index is 0.0195. The summed E-state index contributed by atoms with van der Waals surface area (Å²) in [7, 11) is 1.68. The van der Waals surface area contributed by atoms with Gasteiger partial charge in [0.2, 0.25) is 0 Å². The molecule has 0 saturated heterocycles. The maximum Gasteiger partial charge on any atom is 0.123 e. The van der Waals surface area contributed by atoms with Crippen molar-refractivity contribution < 1.29 is 9.15 Å². The van der Waals surface area contributed by atoms with E-state index >= 15 is 0 Å². The number of benzene rings is 1. The SMILES string of the molecule is COc1ccc(C)cc1C(Br)c1ccc(C)o1. The first-order valence-electron chi connectivity index (χ1n) is 5.46. The van der Waals surface area contributed by atoms with Gasteiger partial charge in [-0.1, -0.05) is 33.6 Å². The maximum absolute atomic E-state index is 5.64. The Labute approximate surface area is 110 Å². The minimum absolute atomic E-state index is 0.0195. The van der Waals surface area contributed by atoms with Gasteiger partial charge in [0, 0.05) is 5.56 Å². The van der Waals surface area contributed by atoms with E-state index < -0.39 is 0 Å². The van der Waals surface area contributed by atoms with Crippen LogP contribution in [0, 0.1) is 13.8 Å². The normalized spacial score (nSPS) is 12.5. The van der Waals surface area contributed by atoms with Gasteiger partial charge in [0.05, 0.1) is 7.11 Å². The van der Waals surface area contributed by atoms with Gasteiger partial charge in [-0.15, -0.1) is 0 Å². The second-order valence-corrected chi connectivity index (χ2v) is 4.97. The maximum atomic E-state index is 5.64. The predicted molar refractivity (Wildman–Crippen MR) is 71.9 cm³/mol. The van der Waals surface area contributed by atoms with Crippen molar-refractivity contribution in [3.05, 3.63) is 53.0 Å². The minimum Gasteiger partial charge on any atom is -0.496 e. The number of aryl methyl sites for hydroxylation is 2. The molecule has 0 aliphatic heterocycles. The Bertz CT molecular complexity index is 517. The summed E-state index contributed by atoms with van der Waals surface area (Å²) in [6.45, 7) is 4.01. The van der Waals surface area contributed by atoms with Crippen molar-refractivity contribution in [3.8, 4) is 5.75 Å². The van der Waals surface area contributed by atoms with E-state index in [1.165, 1.54) is 5.56 Å². The fourth-order valence-corrected chi connectivity index (χ4v) is 2.40. The summed E-state index contributed by atoms with van der Waals surface area (Å²) in [6, 6.07) is 10.1. The van der Waals surface area contributed by atoms with E-state index in [2.05, 4.69) is 28.9 Å². The molecule has 3 heteroatoms. The number of alkyl halides is 1. The van der Waals surface area contributed by atoms with Gasteiger partial charge in [0.25, 0.3) is 0 Å². The first-order chi connectivity index (χ1) is 8.11. The summed E-state index contributed by atoms with van der Waals surface area (Å²) in [4.78, 5) is 0.0195. The lowest BCUT2D eigenvalue weighted by Crippen LogP contribution is -1.96. The second kappa shape index (κ2) is 4.96. The van der Waals surface area contributed by atoms with Crippen LogP contribution in [0.1, 0.15) is 27.5 Å². The van der Waals surface area contributed by atoms with Gasteiger partial charge in [0.1, 0.15) is 22.1 Å². The Morgan fingerprint density at radius 1 is 1.18 bits per heavy atom. The zero-order chi connectivity index (χ0) is 12.4. The average Bonchev–Trinajstić information content (AvgIpc) is 2.75. The molecule has 0 amide bonds. The van der Waals surface area contributed by atoms with E-state index in [0.717, 1.165) is 22.8 Å². The van der Waals surface area contributed by atoms with Crippen LogP contribution >= 0.6 is 15.9 Å². The molecule has 0 aliphatic carbocycles. The lowest BCUT2D eigenvalue weighted by atomic mass is 10.1. The second-order valence-electron chi connectivity index (χ2n) is 4.06. The highest BCUT2D eigenvalue weighted by Crippen LogP contribution is 2.37. The van der Waals surface area contributed by atoms with Gasteiger partial charge in [-0.2, -0.15) is 0 Å². The van der Waals surface area contributed by atoms with Gasteiger partial charge < -0.3 is 9.15 Å². The molecule has 2 rings (SSSR count). The lowest BCUT2D eigenvalue weighted by molar-refractivity contribution is 0.407. The molecule has 1 aromatic heterocycles. The highest BCUT2D eigenvalue weighted by Gasteiger charge is 2.18. The van der Waals surface area contributed by atoms with Crippen molar-refractivity contribution in [1.82, 2.24) is 0 Å². The molecule has 1 heterocycles. The van der Waals surface area contributed by atoms with Crippen molar-refractivity contribution in [2.45, 2.75) is 18.7 Å². The highest BCUT2D eigenvalue weighted by atomic mass is 79.9. The number of ether oxygens (including phenoxy) is 1.